The number of nitrogens with two attached hydrogens (primary N) is 1. The van der Waals surface area contributed by atoms with Crippen LogP contribution in [0.1, 0.15) is 56.8 Å². The molecule has 1 unspecified atom stereocenters. The van der Waals surface area contributed by atoms with E-state index in [1.165, 1.54) is 49.9 Å². The minimum absolute atomic E-state index is 0.146. The van der Waals surface area contributed by atoms with Crippen molar-refractivity contribution in [2.75, 3.05) is 14.1 Å². The Bertz CT molecular complexity index is 442. The van der Waals surface area contributed by atoms with Crippen LogP contribution in [0.25, 0.3) is 0 Å². The highest BCUT2D eigenvalue weighted by molar-refractivity contribution is 5.14. The first-order valence-corrected chi connectivity index (χ1v) is 8.44. The summed E-state index contributed by atoms with van der Waals surface area (Å²) in [4.78, 5) is 2.39. The fraction of sp³-hybridized carbons (Fsp3) is 0.824. The highest BCUT2D eigenvalue weighted by atomic mass is 15.3. The lowest BCUT2D eigenvalue weighted by molar-refractivity contribution is 0.0960. The first-order chi connectivity index (χ1) is 9.99. The topological polar surface area (TPSA) is 47.1 Å². The summed E-state index contributed by atoms with van der Waals surface area (Å²) in [7, 11) is 6.44. The molecule has 0 bridgehead atoms. The van der Waals surface area contributed by atoms with Crippen LogP contribution < -0.4 is 5.73 Å². The SMILES string of the molecule is CCc1cc(CC(N)C2(N(C)C)CCCCCC2)n(C)n1. The van der Waals surface area contributed by atoms with Crippen molar-refractivity contribution in [1.82, 2.24) is 14.7 Å². The number of hydrogen-bond donors (Lipinski definition) is 1. The quantitative estimate of drug-likeness (QED) is 0.848. The van der Waals surface area contributed by atoms with E-state index in [0.29, 0.717) is 0 Å². The van der Waals surface area contributed by atoms with E-state index in [2.05, 4.69) is 37.1 Å². The maximum absolute atomic E-state index is 6.72. The van der Waals surface area contributed by atoms with E-state index in [9.17, 15) is 0 Å². The Morgan fingerprint density at radius 3 is 2.38 bits per heavy atom. The number of likely N-dealkylation sites (N-methyl/N-ethyl adjacent to an activating group) is 1. The van der Waals surface area contributed by atoms with Gasteiger partial charge in [-0.2, -0.15) is 5.10 Å². The van der Waals surface area contributed by atoms with E-state index in [-0.39, 0.29) is 11.6 Å². The van der Waals surface area contributed by atoms with Gasteiger partial charge >= 0.3 is 0 Å². The van der Waals surface area contributed by atoms with Crippen molar-refractivity contribution in [3.8, 4) is 0 Å². The average Bonchev–Trinajstić information content (AvgIpc) is 2.67. The van der Waals surface area contributed by atoms with E-state index >= 15 is 0 Å². The fourth-order valence-electron chi connectivity index (χ4n) is 3.84. The second-order valence-corrected chi connectivity index (χ2v) is 6.83. The van der Waals surface area contributed by atoms with Gasteiger partial charge in [0.2, 0.25) is 0 Å². The van der Waals surface area contributed by atoms with Gasteiger partial charge in [-0.05, 0) is 39.4 Å². The van der Waals surface area contributed by atoms with Gasteiger partial charge in [0.05, 0.1) is 5.69 Å². The van der Waals surface area contributed by atoms with Crippen molar-refractivity contribution in [3.63, 3.8) is 0 Å². The van der Waals surface area contributed by atoms with Crippen LogP contribution in [0, 0.1) is 0 Å². The Balaban J connectivity index is 2.17. The van der Waals surface area contributed by atoms with Gasteiger partial charge in [0.1, 0.15) is 0 Å². The van der Waals surface area contributed by atoms with Gasteiger partial charge in [0.15, 0.2) is 0 Å². The maximum atomic E-state index is 6.72. The predicted molar refractivity (Wildman–Crippen MR) is 88.4 cm³/mol. The first-order valence-electron chi connectivity index (χ1n) is 8.44. The van der Waals surface area contributed by atoms with Gasteiger partial charge in [0, 0.05) is 30.7 Å². The molecule has 0 amide bonds. The maximum Gasteiger partial charge on any atom is 0.0624 e. The third-order valence-electron chi connectivity index (χ3n) is 5.37. The van der Waals surface area contributed by atoms with Gasteiger partial charge in [-0.25, -0.2) is 0 Å². The zero-order valence-corrected chi connectivity index (χ0v) is 14.2. The Labute approximate surface area is 129 Å². The van der Waals surface area contributed by atoms with Gasteiger partial charge < -0.3 is 10.6 Å². The molecule has 0 saturated heterocycles. The van der Waals surface area contributed by atoms with Crippen molar-refractivity contribution < 1.29 is 0 Å². The van der Waals surface area contributed by atoms with E-state index in [1.807, 2.05) is 11.7 Å². The molecular weight excluding hydrogens is 260 g/mol. The van der Waals surface area contributed by atoms with Crippen molar-refractivity contribution in [1.29, 1.82) is 0 Å². The summed E-state index contributed by atoms with van der Waals surface area (Å²) < 4.78 is 2.01. The molecule has 0 aliphatic heterocycles. The number of nitrogens with zero attached hydrogens (tertiary/aromatic N) is 3. The first kappa shape index (κ1) is 16.5. The van der Waals surface area contributed by atoms with Crippen LogP contribution >= 0.6 is 0 Å². The van der Waals surface area contributed by atoms with Crippen molar-refractivity contribution in [3.05, 3.63) is 17.5 Å². The Morgan fingerprint density at radius 2 is 1.90 bits per heavy atom. The lowest BCUT2D eigenvalue weighted by atomic mass is 9.79. The lowest BCUT2D eigenvalue weighted by Gasteiger charge is -2.44. The monoisotopic (exact) mass is 292 g/mol. The largest absolute Gasteiger partial charge is 0.326 e. The number of aryl methyl sites for hydroxylation is 2. The summed E-state index contributed by atoms with van der Waals surface area (Å²) in [5, 5.41) is 4.56. The van der Waals surface area contributed by atoms with Gasteiger partial charge in [0.25, 0.3) is 0 Å². The predicted octanol–water partition coefficient (Wildman–Crippen LogP) is 2.51. The molecule has 1 aromatic rings. The third-order valence-corrected chi connectivity index (χ3v) is 5.37. The minimum atomic E-state index is 0.146. The smallest absolute Gasteiger partial charge is 0.0624 e. The molecule has 2 rings (SSSR count). The van der Waals surface area contributed by atoms with Crippen molar-refractivity contribution in [2.45, 2.75) is 69.9 Å². The molecule has 4 nitrogen and oxygen atoms in total. The molecule has 1 saturated carbocycles. The molecule has 2 N–H and O–H groups in total. The zero-order valence-electron chi connectivity index (χ0n) is 14.2. The van der Waals surface area contributed by atoms with Gasteiger partial charge in [-0.15, -0.1) is 0 Å². The summed E-state index contributed by atoms with van der Waals surface area (Å²) >= 11 is 0. The number of aromatic nitrogens is 2. The molecule has 1 aliphatic rings. The molecular formula is C17H32N4. The number of rotatable bonds is 5. The van der Waals surface area contributed by atoms with Crippen LogP contribution in [0.4, 0.5) is 0 Å². The standard InChI is InChI=1S/C17H32N4/c1-5-14-12-15(21(4)19-14)13-16(18)17(20(2)3)10-8-6-7-9-11-17/h12,16H,5-11,13,18H2,1-4H3. The van der Waals surface area contributed by atoms with Crippen LogP contribution in [-0.4, -0.2) is 40.4 Å². The Kier molecular flexibility index (Phi) is 5.44. The second kappa shape index (κ2) is 6.93. The fourth-order valence-corrected chi connectivity index (χ4v) is 3.84. The third kappa shape index (κ3) is 3.49. The molecule has 0 aromatic carbocycles. The Morgan fingerprint density at radius 1 is 1.29 bits per heavy atom. The minimum Gasteiger partial charge on any atom is -0.326 e. The van der Waals surface area contributed by atoms with Crippen LogP contribution in [0.2, 0.25) is 0 Å². The van der Waals surface area contributed by atoms with Crippen LogP contribution in [0.15, 0.2) is 6.07 Å². The molecule has 0 radical (unpaired) electrons. The highest BCUT2D eigenvalue weighted by Crippen LogP contribution is 2.34. The second-order valence-electron chi connectivity index (χ2n) is 6.83. The van der Waals surface area contributed by atoms with Crippen LogP contribution in [-0.2, 0) is 19.9 Å². The Hall–Kier alpha value is -0.870. The van der Waals surface area contributed by atoms with Crippen molar-refractivity contribution in [2.24, 2.45) is 12.8 Å². The summed E-state index contributed by atoms with van der Waals surface area (Å²) in [6, 6.07) is 2.39. The highest BCUT2D eigenvalue weighted by Gasteiger charge is 2.39. The summed E-state index contributed by atoms with van der Waals surface area (Å²) in [5.41, 5.74) is 9.30. The van der Waals surface area contributed by atoms with Gasteiger partial charge in [-0.3, -0.25) is 4.68 Å². The molecule has 21 heavy (non-hydrogen) atoms. The zero-order chi connectivity index (χ0) is 15.5. The molecule has 1 aromatic heterocycles. The van der Waals surface area contributed by atoms with Gasteiger partial charge in [-0.1, -0.05) is 32.6 Å². The van der Waals surface area contributed by atoms with Crippen molar-refractivity contribution >= 4 is 0 Å². The molecule has 1 fully saturated rings. The van der Waals surface area contributed by atoms with E-state index in [1.54, 1.807) is 0 Å². The van der Waals surface area contributed by atoms with E-state index < -0.39 is 0 Å². The van der Waals surface area contributed by atoms with Crippen LogP contribution in [0.5, 0.6) is 0 Å². The summed E-state index contributed by atoms with van der Waals surface area (Å²) in [6.07, 6.45) is 9.67. The molecule has 4 heteroatoms. The molecule has 0 spiro atoms. The molecule has 120 valence electrons. The lowest BCUT2D eigenvalue weighted by Crippen LogP contribution is -2.58. The van der Waals surface area contributed by atoms with Crippen LogP contribution in [0.3, 0.4) is 0 Å². The normalized spacial score (nSPS) is 20.5. The van der Waals surface area contributed by atoms with E-state index in [4.69, 9.17) is 5.73 Å². The molecule has 1 atom stereocenters. The molecule has 1 heterocycles. The summed E-state index contributed by atoms with van der Waals surface area (Å²) in [6.45, 7) is 2.15. The molecule has 1 aliphatic carbocycles. The number of hydrogen-bond acceptors (Lipinski definition) is 3. The van der Waals surface area contributed by atoms with E-state index in [0.717, 1.165) is 12.8 Å². The average molecular weight is 292 g/mol. The summed E-state index contributed by atoms with van der Waals surface area (Å²) in [5.74, 6) is 0.